The lowest BCUT2D eigenvalue weighted by atomic mass is 10.1. The molecule has 0 aliphatic carbocycles. The molecular formula is C16H13NO3S. The molecule has 4 nitrogen and oxygen atoms in total. The number of amides is 1. The van der Waals surface area contributed by atoms with Gasteiger partial charge in [-0.1, -0.05) is 24.8 Å². The van der Waals surface area contributed by atoms with Crippen molar-refractivity contribution in [3.63, 3.8) is 0 Å². The number of carboxylic acid groups (broad SMARTS) is 1. The number of hydrogen-bond donors (Lipinski definition) is 1. The van der Waals surface area contributed by atoms with Gasteiger partial charge >= 0.3 is 5.97 Å². The largest absolute Gasteiger partial charge is 0.478 e. The summed E-state index contributed by atoms with van der Waals surface area (Å²) in [4.78, 5) is 26.4. The molecular weight excluding hydrogens is 286 g/mol. The summed E-state index contributed by atoms with van der Waals surface area (Å²) in [5, 5.41) is 9.88. The van der Waals surface area contributed by atoms with Crippen LogP contribution in [0.3, 0.4) is 0 Å². The number of aryl methyl sites for hydroxylation is 1. The third-order valence-electron chi connectivity index (χ3n) is 3.73. The highest BCUT2D eigenvalue weighted by Crippen LogP contribution is 2.43. The molecule has 0 spiro atoms. The number of aromatic carboxylic acids is 1. The van der Waals surface area contributed by atoms with Gasteiger partial charge < -0.3 is 5.11 Å². The predicted molar refractivity (Wildman–Crippen MR) is 83.0 cm³/mol. The van der Waals surface area contributed by atoms with E-state index < -0.39 is 5.97 Å². The molecule has 1 aliphatic heterocycles. The third-order valence-corrected chi connectivity index (χ3v) is 4.92. The SMILES string of the molecule is C=C1c2ccccc2C(=O)N1c1sc(C)c(C)c1C(=O)O. The van der Waals surface area contributed by atoms with E-state index in [-0.39, 0.29) is 11.5 Å². The molecule has 2 heterocycles. The van der Waals surface area contributed by atoms with Gasteiger partial charge in [-0.05, 0) is 25.5 Å². The fourth-order valence-electron chi connectivity index (χ4n) is 2.52. The predicted octanol–water partition coefficient (Wildman–Crippen LogP) is 3.69. The Kier molecular flexibility index (Phi) is 2.95. The first-order valence-electron chi connectivity index (χ1n) is 6.39. The first-order chi connectivity index (χ1) is 9.93. The van der Waals surface area contributed by atoms with Crippen molar-refractivity contribution in [1.29, 1.82) is 0 Å². The van der Waals surface area contributed by atoms with Gasteiger partial charge in [-0.2, -0.15) is 0 Å². The number of carbonyl (C=O) groups is 2. The number of benzene rings is 1. The van der Waals surface area contributed by atoms with E-state index in [2.05, 4.69) is 6.58 Å². The fraction of sp³-hybridized carbons (Fsp3) is 0.125. The number of hydrogen-bond acceptors (Lipinski definition) is 3. The molecule has 2 aromatic rings. The Hall–Kier alpha value is -2.40. The molecule has 0 saturated heterocycles. The zero-order chi connectivity index (χ0) is 15.3. The lowest BCUT2D eigenvalue weighted by Crippen LogP contribution is -2.23. The van der Waals surface area contributed by atoms with Gasteiger partial charge in [0.1, 0.15) is 5.00 Å². The van der Waals surface area contributed by atoms with Crippen molar-refractivity contribution in [3.8, 4) is 0 Å². The van der Waals surface area contributed by atoms with E-state index in [4.69, 9.17) is 0 Å². The van der Waals surface area contributed by atoms with Crippen molar-refractivity contribution in [2.45, 2.75) is 13.8 Å². The number of thiophene rings is 1. The molecule has 0 fully saturated rings. The van der Waals surface area contributed by atoms with E-state index in [0.717, 1.165) is 10.4 Å². The highest BCUT2D eigenvalue weighted by Gasteiger charge is 2.36. The summed E-state index contributed by atoms with van der Waals surface area (Å²) in [5.74, 6) is -1.25. The summed E-state index contributed by atoms with van der Waals surface area (Å²) in [6, 6.07) is 7.18. The molecule has 0 bridgehead atoms. The van der Waals surface area contributed by atoms with Gasteiger partial charge in [0.05, 0.1) is 11.3 Å². The van der Waals surface area contributed by atoms with Crippen LogP contribution in [0.25, 0.3) is 5.70 Å². The summed E-state index contributed by atoms with van der Waals surface area (Å²) >= 11 is 1.31. The van der Waals surface area contributed by atoms with Crippen LogP contribution in [0.15, 0.2) is 30.8 Å². The van der Waals surface area contributed by atoms with E-state index in [1.165, 1.54) is 16.2 Å². The molecule has 0 radical (unpaired) electrons. The molecule has 0 atom stereocenters. The van der Waals surface area contributed by atoms with Crippen molar-refractivity contribution in [2.24, 2.45) is 0 Å². The first kappa shape index (κ1) is 13.6. The Balaban J connectivity index is 2.20. The highest BCUT2D eigenvalue weighted by atomic mass is 32.1. The molecule has 1 aromatic heterocycles. The zero-order valence-electron chi connectivity index (χ0n) is 11.6. The van der Waals surface area contributed by atoms with E-state index >= 15 is 0 Å². The molecule has 1 N–H and O–H groups in total. The molecule has 106 valence electrons. The second-order valence-corrected chi connectivity index (χ2v) is 6.10. The van der Waals surface area contributed by atoms with E-state index in [1.807, 2.05) is 19.1 Å². The second kappa shape index (κ2) is 4.56. The van der Waals surface area contributed by atoms with Crippen LogP contribution in [0, 0.1) is 13.8 Å². The maximum absolute atomic E-state index is 12.6. The molecule has 1 aliphatic rings. The van der Waals surface area contributed by atoms with Crippen molar-refractivity contribution in [2.75, 3.05) is 4.90 Å². The van der Waals surface area contributed by atoms with Crippen LogP contribution in [0.5, 0.6) is 0 Å². The summed E-state index contributed by atoms with van der Waals surface area (Å²) in [6.07, 6.45) is 0. The number of nitrogens with zero attached hydrogens (tertiary/aromatic N) is 1. The Morgan fingerprint density at radius 3 is 2.43 bits per heavy atom. The summed E-state index contributed by atoms with van der Waals surface area (Å²) in [6.45, 7) is 7.57. The molecule has 0 unspecified atom stereocenters. The molecule has 1 aromatic carbocycles. The molecule has 0 saturated carbocycles. The Labute approximate surface area is 126 Å². The zero-order valence-corrected chi connectivity index (χ0v) is 12.5. The van der Waals surface area contributed by atoms with Crippen LogP contribution in [0.2, 0.25) is 0 Å². The average Bonchev–Trinajstić information content (AvgIpc) is 2.87. The Bertz CT molecular complexity index is 769. The highest BCUT2D eigenvalue weighted by molar-refractivity contribution is 7.17. The minimum Gasteiger partial charge on any atom is -0.478 e. The number of carboxylic acids is 1. The quantitative estimate of drug-likeness (QED) is 0.920. The lowest BCUT2D eigenvalue weighted by Gasteiger charge is -2.16. The van der Waals surface area contributed by atoms with Crippen molar-refractivity contribution in [1.82, 2.24) is 0 Å². The topological polar surface area (TPSA) is 57.6 Å². The third kappa shape index (κ3) is 1.81. The van der Waals surface area contributed by atoms with Crippen molar-refractivity contribution >= 4 is 33.9 Å². The maximum atomic E-state index is 12.6. The minimum absolute atomic E-state index is 0.180. The van der Waals surface area contributed by atoms with Crippen LogP contribution in [-0.2, 0) is 0 Å². The minimum atomic E-state index is -1.02. The number of carbonyl (C=O) groups excluding carboxylic acids is 1. The van der Waals surface area contributed by atoms with Crippen LogP contribution in [-0.4, -0.2) is 17.0 Å². The molecule has 5 heteroatoms. The summed E-state index contributed by atoms with van der Waals surface area (Å²) in [7, 11) is 0. The molecule has 21 heavy (non-hydrogen) atoms. The van der Waals surface area contributed by atoms with E-state index in [9.17, 15) is 14.7 Å². The van der Waals surface area contributed by atoms with Gasteiger partial charge in [0.25, 0.3) is 5.91 Å². The maximum Gasteiger partial charge on any atom is 0.339 e. The van der Waals surface area contributed by atoms with Crippen LogP contribution in [0.1, 0.15) is 36.7 Å². The van der Waals surface area contributed by atoms with Gasteiger partial charge in [-0.3, -0.25) is 9.69 Å². The summed E-state index contributed by atoms with van der Waals surface area (Å²) < 4.78 is 0. The van der Waals surface area contributed by atoms with Gasteiger partial charge in [0.15, 0.2) is 0 Å². The number of fused-ring (bicyclic) bond motifs is 1. The summed E-state index contributed by atoms with van der Waals surface area (Å²) in [5.41, 5.74) is 2.71. The number of rotatable bonds is 2. The first-order valence-corrected chi connectivity index (χ1v) is 7.21. The average molecular weight is 299 g/mol. The molecule has 1 amide bonds. The second-order valence-electron chi connectivity index (χ2n) is 4.90. The van der Waals surface area contributed by atoms with E-state index in [0.29, 0.717) is 21.8 Å². The van der Waals surface area contributed by atoms with Gasteiger partial charge in [-0.15, -0.1) is 11.3 Å². The van der Waals surface area contributed by atoms with Crippen LogP contribution in [0.4, 0.5) is 5.00 Å². The lowest BCUT2D eigenvalue weighted by molar-refractivity contribution is 0.0697. The number of anilines is 1. The van der Waals surface area contributed by atoms with Crippen molar-refractivity contribution < 1.29 is 14.7 Å². The van der Waals surface area contributed by atoms with Crippen LogP contribution < -0.4 is 4.90 Å². The van der Waals surface area contributed by atoms with Gasteiger partial charge in [0.2, 0.25) is 0 Å². The molecule has 3 rings (SSSR count). The fourth-order valence-corrected chi connectivity index (χ4v) is 3.69. The van der Waals surface area contributed by atoms with Crippen LogP contribution >= 0.6 is 11.3 Å². The standard InChI is InChI=1S/C16H13NO3S/c1-8-10(3)21-15(13(8)16(19)20)17-9(2)11-6-4-5-7-12(11)14(17)18/h4-7H,2H2,1,3H3,(H,19,20). The smallest absolute Gasteiger partial charge is 0.339 e. The van der Waals surface area contributed by atoms with Crippen molar-refractivity contribution in [3.05, 3.63) is 58.0 Å². The van der Waals surface area contributed by atoms with E-state index in [1.54, 1.807) is 19.1 Å². The Morgan fingerprint density at radius 1 is 1.24 bits per heavy atom. The monoisotopic (exact) mass is 299 g/mol. The normalized spacial score (nSPS) is 13.7. The Morgan fingerprint density at radius 2 is 1.86 bits per heavy atom. The van der Waals surface area contributed by atoms with Gasteiger partial charge in [-0.25, -0.2) is 4.79 Å². The van der Waals surface area contributed by atoms with Gasteiger partial charge in [0, 0.05) is 16.0 Å².